The van der Waals surface area contributed by atoms with Gasteiger partial charge in [0.05, 0.1) is 4.91 Å². The van der Waals surface area contributed by atoms with Crippen LogP contribution in [0.4, 0.5) is 17.5 Å². The fourth-order valence-corrected chi connectivity index (χ4v) is 4.58. The molecule has 0 saturated heterocycles. The summed E-state index contributed by atoms with van der Waals surface area (Å²) in [5.41, 5.74) is 2.88. The Labute approximate surface area is 213 Å². The van der Waals surface area contributed by atoms with Gasteiger partial charge in [0.25, 0.3) is 0 Å². The molecule has 3 aromatic rings. The number of aryl methyl sites for hydroxylation is 2. The van der Waals surface area contributed by atoms with E-state index in [1.165, 1.54) is 0 Å². The van der Waals surface area contributed by atoms with Crippen LogP contribution < -0.4 is 15.4 Å². The molecule has 0 aliphatic heterocycles. The molecule has 0 atom stereocenters. The number of rotatable bonds is 9. The molecule has 0 aliphatic carbocycles. The fraction of sp³-hybridized carbons (Fsp3) is 0.346. The average Bonchev–Trinajstić information content (AvgIpc) is 3.19. The zero-order chi connectivity index (χ0) is 26.5. The van der Waals surface area contributed by atoms with Crippen LogP contribution in [0, 0.1) is 13.8 Å². The first-order valence-corrected chi connectivity index (χ1v) is 13.2. The van der Waals surface area contributed by atoms with Crippen molar-refractivity contribution in [3.63, 3.8) is 0 Å². The van der Waals surface area contributed by atoms with Crippen LogP contribution >= 0.6 is 0 Å². The minimum absolute atomic E-state index is 0.203. The van der Waals surface area contributed by atoms with Crippen molar-refractivity contribution >= 4 is 27.5 Å². The van der Waals surface area contributed by atoms with E-state index in [1.807, 2.05) is 51.2 Å². The fourth-order valence-electron chi connectivity index (χ4n) is 3.33. The van der Waals surface area contributed by atoms with Crippen molar-refractivity contribution in [1.82, 2.24) is 24.2 Å². The summed E-state index contributed by atoms with van der Waals surface area (Å²) in [5.74, 6) is 1.98. The molecule has 0 spiro atoms. The Morgan fingerprint density at radius 1 is 1.11 bits per heavy atom. The molecule has 10 heteroatoms. The van der Waals surface area contributed by atoms with Crippen molar-refractivity contribution in [3.05, 3.63) is 82.6 Å². The Kier molecular flexibility index (Phi) is 8.31. The zero-order valence-electron chi connectivity index (χ0n) is 21.9. The van der Waals surface area contributed by atoms with Crippen LogP contribution in [0.15, 0.2) is 65.6 Å². The van der Waals surface area contributed by atoms with Crippen molar-refractivity contribution < 1.29 is 8.42 Å². The van der Waals surface area contributed by atoms with E-state index in [0.29, 0.717) is 17.5 Å². The summed E-state index contributed by atoms with van der Waals surface area (Å²) >= 11 is 0. The van der Waals surface area contributed by atoms with Crippen molar-refractivity contribution in [1.29, 1.82) is 0 Å². The van der Waals surface area contributed by atoms with Crippen molar-refractivity contribution in [2.75, 3.05) is 10.6 Å². The predicted octanol–water partition coefficient (Wildman–Crippen LogP) is 5.02. The maximum Gasteiger partial charge on any atom is 0.236 e. The molecule has 0 saturated carbocycles. The highest BCUT2D eigenvalue weighted by molar-refractivity contribution is 7.93. The highest BCUT2D eigenvalue weighted by Crippen LogP contribution is 2.20. The van der Waals surface area contributed by atoms with E-state index in [-0.39, 0.29) is 4.91 Å². The van der Waals surface area contributed by atoms with Crippen LogP contribution in [0.25, 0.3) is 0 Å². The molecule has 0 radical (unpaired) electrons. The summed E-state index contributed by atoms with van der Waals surface area (Å²) in [6.07, 6.45) is 8.86. The van der Waals surface area contributed by atoms with Crippen molar-refractivity contribution in [2.24, 2.45) is 0 Å². The molecule has 2 heterocycles. The number of anilines is 3. The Morgan fingerprint density at radius 2 is 1.81 bits per heavy atom. The van der Waals surface area contributed by atoms with Gasteiger partial charge in [0.2, 0.25) is 16.0 Å². The molecule has 0 aliphatic rings. The third-order valence-electron chi connectivity index (χ3n) is 5.26. The first-order valence-electron chi connectivity index (χ1n) is 11.7. The predicted molar refractivity (Wildman–Crippen MR) is 146 cm³/mol. The lowest BCUT2D eigenvalue weighted by Crippen LogP contribution is -2.40. The lowest BCUT2D eigenvalue weighted by Gasteiger charge is -2.21. The van der Waals surface area contributed by atoms with E-state index in [2.05, 4.69) is 34.9 Å². The Bertz CT molecular complexity index is 1370. The average molecular weight is 510 g/mol. The molecule has 0 unspecified atom stereocenters. The summed E-state index contributed by atoms with van der Waals surface area (Å²) in [5, 5.41) is 6.45. The highest BCUT2D eigenvalue weighted by atomic mass is 32.2. The van der Waals surface area contributed by atoms with Gasteiger partial charge in [-0.1, -0.05) is 18.2 Å². The molecule has 1 aromatic carbocycles. The molecule has 192 valence electrons. The second-order valence-corrected chi connectivity index (χ2v) is 11.5. The normalized spacial score (nSPS) is 13.1. The summed E-state index contributed by atoms with van der Waals surface area (Å²) in [6, 6.07) is 8.06. The standard InChI is InChI=1S/C26H35N7O2S/c1-8-22(15-19(3)36(34,35)32-26(5,6)7)29-24-18(2)16-28-25(31-24)30-23-11-9-21(10-12-23)17-33-14-13-27-20(33)4/h8-16,32H,17H2,1-7H3,(H2,28,29,30,31)/b19-15+,22-8+. The van der Waals surface area contributed by atoms with Gasteiger partial charge in [0.15, 0.2) is 0 Å². The van der Waals surface area contributed by atoms with Gasteiger partial charge in [0, 0.05) is 47.6 Å². The number of allylic oxidation sites excluding steroid dienone is 3. The van der Waals surface area contributed by atoms with E-state index < -0.39 is 15.6 Å². The summed E-state index contributed by atoms with van der Waals surface area (Å²) in [4.78, 5) is 13.4. The van der Waals surface area contributed by atoms with Gasteiger partial charge in [-0.2, -0.15) is 4.98 Å². The van der Waals surface area contributed by atoms with Gasteiger partial charge in [-0.15, -0.1) is 0 Å². The Hall–Kier alpha value is -3.50. The maximum absolute atomic E-state index is 12.6. The monoisotopic (exact) mass is 509 g/mol. The largest absolute Gasteiger partial charge is 0.340 e. The van der Waals surface area contributed by atoms with E-state index in [1.54, 1.807) is 52.2 Å². The number of hydrogen-bond acceptors (Lipinski definition) is 7. The van der Waals surface area contributed by atoms with Crippen molar-refractivity contribution in [3.8, 4) is 0 Å². The molecule has 0 amide bonds. The van der Waals surface area contributed by atoms with Crippen LogP contribution in [0.2, 0.25) is 0 Å². The number of nitrogens with one attached hydrogen (secondary N) is 3. The zero-order valence-corrected chi connectivity index (χ0v) is 22.7. The van der Waals surface area contributed by atoms with Gasteiger partial charge in [0.1, 0.15) is 11.6 Å². The summed E-state index contributed by atoms with van der Waals surface area (Å²) in [6.45, 7) is 13.4. The molecule has 3 rings (SSSR count). The lowest BCUT2D eigenvalue weighted by molar-refractivity contribution is 0.495. The van der Waals surface area contributed by atoms with Crippen LogP contribution in [-0.2, 0) is 16.6 Å². The smallest absolute Gasteiger partial charge is 0.236 e. The minimum atomic E-state index is -3.62. The van der Waals surface area contributed by atoms with Gasteiger partial charge >= 0.3 is 0 Å². The minimum Gasteiger partial charge on any atom is -0.340 e. The molecular weight excluding hydrogens is 474 g/mol. The van der Waals surface area contributed by atoms with Crippen LogP contribution in [0.3, 0.4) is 0 Å². The van der Waals surface area contributed by atoms with E-state index in [4.69, 9.17) is 0 Å². The molecule has 0 fully saturated rings. The summed E-state index contributed by atoms with van der Waals surface area (Å²) in [7, 11) is -3.62. The third kappa shape index (κ3) is 7.50. The van der Waals surface area contributed by atoms with E-state index >= 15 is 0 Å². The van der Waals surface area contributed by atoms with Crippen molar-refractivity contribution in [2.45, 2.75) is 60.5 Å². The van der Waals surface area contributed by atoms with Gasteiger partial charge in [-0.05, 0) is 72.2 Å². The summed E-state index contributed by atoms with van der Waals surface area (Å²) < 4.78 is 30.0. The molecular formula is C26H35N7O2S. The van der Waals surface area contributed by atoms with E-state index in [9.17, 15) is 8.42 Å². The lowest BCUT2D eigenvalue weighted by atomic mass is 10.1. The first-order chi connectivity index (χ1) is 16.9. The molecule has 36 heavy (non-hydrogen) atoms. The second-order valence-electron chi connectivity index (χ2n) is 9.63. The third-order valence-corrected chi connectivity index (χ3v) is 7.10. The SMILES string of the molecule is C/C=C(\C=C(/C)S(=O)(=O)NC(C)(C)C)Nc1nc(Nc2ccc(Cn3ccnc3C)cc2)ncc1C. The number of hydrogen-bond donors (Lipinski definition) is 3. The highest BCUT2D eigenvalue weighted by Gasteiger charge is 2.21. The molecule has 2 aromatic heterocycles. The topological polar surface area (TPSA) is 114 Å². The Morgan fingerprint density at radius 3 is 2.39 bits per heavy atom. The van der Waals surface area contributed by atoms with Crippen LogP contribution in [-0.4, -0.2) is 33.5 Å². The quantitative estimate of drug-likeness (QED) is 0.347. The molecule has 0 bridgehead atoms. The van der Waals surface area contributed by atoms with Gasteiger partial charge in [-0.3, -0.25) is 0 Å². The van der Waals surface area contributed by atoms with E-state index in [0.717, 1.165) is 29.2 Å². The maximum atomic E-state index is 12.6. The Balaban J connectivity index is 1.73. The van der Waals surface area contributed by atoms with Gasteiger partial charge < -0.3 is 15.2 Å². The molecule has 9 nitrogen and oxygen atoms in total. The number of sulfonamides is 1. The van der Waals surface area contributed by atoms with Crippen LogP contribution in [0.1, 0.15) is 51.6 Å². The van der Waals surface area contributed by atoms with Crippen LogP contribution in [0.5, 0.6) is 0 Å². The number of aromatic nitrogens is 4. The first kappa shape index (κ1) is 27.1. The number of nitrogens with zero attached hydrogens (tertiary/aromatic N) is 4. The number of imidazole rings is 1. The second kappa shape index (κ2) is 11.0. The molecule has 3 N–H and O–H groups in total. The van der Waals surface area contributed by atoms with Gasteiger partial charge in [-0.25, -0.2) is 23.1 Å². The number of benzene rings is 1.